The molecule has 1 aliphatic heterocycles. The van der Waals surface area contributed by atoms with Gasteiger partial charge in [-0.25, -0.2) is 9.59 Å². The standard InChI is InChI=1S/C17H12ClN3O5/c18-10-4-3-5-11(8-10)20-17(25)19-9-14(22)26-21-15(23)12-6-1-2-7-13(12)16(21)24/h1-8H,9H2,(H2,19,20,25). The van der Waals surface area contributed by atoms with Crippen LogP contribution in [-0.2, 0) is 9.63 Å². The predicted octanol–water partition coefficient (Wildman–Crippen LogP) is 2.22. The van der Waals surface area contributed by atoms with Crippen LogP contribution in [-0.4, -0.2) is 35.4 Å². The molecule has 1 aliphatic rings. The zero-order valence-electron chi connectivity index (χ0n) is 13.2. The molecule has 3 rings (SSSR count). The largest absolute Gasteiger partial charge is 0.352 e. The zero-order chi connectivity index (χ0) is 18.7. The zero-order valence-corrected chi connectivity index (χ0v) is 13.9. The second-order valence-electron chi connectivity index (χ2n) is 5.23. The van der Waals surface area contributed by atoms with Gasteiger partial charge in [0.05, 0.1) is 11.1 Å². The third-order valence-electron chi connectivity index (χ3n) is 3.43. The second-order valence-corrected chi connectivity index (χ2v) is 5.67. The molecule has 0 fully saturated rings. The van der Waals surface area contributed by atoms with Crippen molar-refractivity contribution in [3.8, 4) is 0 Å². The van der Waals surface area contributed by atoms with Crippen LogP contribution in [0.25, 0.3) is 0 Å². The minimum Gasteiger partial charge on any atom is -0.328 e. The highest BCUT2D eigenvalue weighted by Crippen LogP contribution is 2.22. The van der Waals surface area contributed by atoms with Crippen LogP contribution in [0.3, 0.4) is 0 Å². The van der Waals surface area contributed by atoms with Gasteiger partial charge in [0, 0.05) is 10.7 Å². The Kier molecular flexibility index (Phi) is 4.85. The van der Waals surface area contributed by atoms with Crippen molar-refractivity contribution in [2.75, 3.05) is 11.9 Å². The van der Waals surface area contributed by atoms with Crippen LogP contribution < -0.4 is 10.6 Å². The van der Waals surface area contributed by atoms with Gasteiger partial charge in [-0.1, -0.05) is 34.9 Å². The number of carbonyl (C=O) groups excluding carboxylic acids is 4. The van der Waals surface area contributed by atoms with Crippen molar-refractivity contribution in [3.05, 3.63) is 64.7 Å². The average Bonchev–Trinajstić information content (AvgIpc) is 2.85. The van der Waals surface area contributed by atoms with Crippen LogP contribution in [0, 0.1) is 0 Å². The molecular formula is C17H12ClN3O5. The molecular weight excluding hydrogens is 362 g/mol. The van der Waals surface area contributed by atoms with Crippen molar-refractivity contribution in [1.82, 2.24) is 10.4 Å². The van der Waals surface area contributed by atoms with Crippen LogP contribution in [0.5, 0.6) is 0 Å². The number of hydroxylamine groups is 2. The molecule has 132 valence electrons. The maximum Gasteiger partial charge on any atom is 0.352 e. The minimum atomic E-state index is -0.972. The Balaban J connectivity index is 1.53. The Bertz CT molecular complexity index is 880. The monoisotopic (exact) mass is 373 g/mol. The van der Waals surface area contributed by atoms with Gasteiger partial charge in [0.1, 0.15) is 6.54 Å². The van der Waals surface area contributed by atoms with Gasteiger partial charge in [-0.3, -0.25) is 9.59 Å². The van der Waals surface area contributed by atoms with Gasteiger partial charge in [0.25, 0.3) is 11.8 Å². The first-order chi connectivity index (χ1) is 12.5. The number of urea groups is 1. The van der Waals surface area contributed by atoms with E-state index in [1.54, 1.807) is 30.3 Å². The van der Waals surface area contributed by atoms with Crippen molar-refractivity contribution in [2.45, 2.75) is 0 Å². The van der Waals surface area contributed by atoms with Gasteiger partial charge in [0.2, 0.25) is 0 Å². The van der Waals surface area contributed by atoms with E-state index in [9.17, 15) is 19.2 Å². The first-order valence-electron chi connectivity index (χ1n) is 7.45. The number of nitrogens with one attached hydrogen (secondary N) is 2. The first-order valence-corrected chi connectivity index (χ1v) is 7.82. The highest BCUT2D eigenvalue weighted by Gasteiger charge is 2.38. The summed E-state index contributed by atoms with van der Waals surface area (Å²) in [5.41, 5.74) is 0.734. The van der Waals surface area contributed by atoms with Crippen LogP contribution in [0.4, 0.5) is 10.5 Å². The topological polar surface area (TPSA) is 105 Å². The summed E-state index contributed by atoms with van der Waals surface area (Å²) in [7, 11) is 0. The molecule has 4 amide bonds. The fourth-order valence-corrected chi connectivity index (χ4v) is 2.47. The van der Waals surface area contributed by atoms with Crippen molar-refractivity contribution in [3.63, 3.8) is 0 Å². The van der Waals surface area contributed by atoms with Crippen molar-refractivity contribution in [2.24, 2.45) is 0 Å². The van der Waals surface area contributed by atoms with Gasteiger partial charge in [-0.05, 0) is 30.3 Å². The number of rotatable bonds is 4. The quantitative estimate of drug-likeness (QED) is 0.799. The molecule has 2 N–H and O–H groups in total. The van der Waals surface area contributed by atoms with E-state index in [-0.39, 0.29) is 11.1 Å². The molecule has 1 heterocycles. The van der Waals surface area contributed by atoms with E-state index in [1.165, 1.54) is 18.2 Å². The predicted molar refractivity (Wildman–Crippen MR) is 91.5 cm³/mol. The Labute approximate surface area is 152 Å². The van der Waals surface area contributed by atoms with E-state index in [0.29, 0.717) is 15.8 Å². The van der Waals surface area contributed by atoms with Gasteiger partial charge in [-0.15, -0.1) is 0 Å². The number of hydrogen-bond acceptors (Lipinski definition) is 5. The van der Waals surface area contributed by atoms with Gasteiger partial charge < -0.3 is 15.5 Å². The number of benzene rings is 2. The molecule has 2 aromatic rings. The maximum atomic E-state index is 12.1. The third kappa shape index (κ3) is 3.65. The fraction of sp³-hybridized carbons (Fsp3) is 0.0588. The number of amides is 4. The number of imide groups is 1. The van der Waals surface area contributed by atoms with E-state index in [1.807, 2.05) is 0 Å². The molecule has 0 aromatic heterocycles. The van der Waals surface area contributed by atoms with E-state index in [2.05, 4.69) is 10.6 Å². The second kappa shape index (κ2) is 7.24. The molecule has 2 aromatic carbocycles. The molecule has 8 nitrogen and oxygen atoms in total. The number of anilines is 1. The molecule has 0 atom stereocenters. The van der Waals surface area contributed by atoms with E-state index < -0.39 is 30.4 Å². The van der Waals surface area contributed by atoms with Gasteiger partial charge in [0.15, 0.2) is 0 Å². The lowest BCUT2D eigenvalue weighted by Gasteiger charge is -2.13. The SMILES string of the molecule is O=C(NCC(=O)ON1C(=O)c2ccccc2C1=O)Nc1cccc(Cl)c1. The minimum absolute atomic E-state index is 0.150. The fourth-order valence-electron chi connectivity index (χ4n) is 2.28. The molecule has 0 unspecified atom stereocenters. The highest BCUT2D eigenvalue weighted by atomic mass is 35.5. The van der Waals surface area contributed by atoms with Crippen molar-refractivity contribution >= 4 is 41.1 Å². The number of nitrogens with zero attached hydrogens (tertiary/aromatic N) is 1. The maximum absolute atomic E-state index is 12.1. The van der Waals surface area contributed by atoms with Crippen molar-refractivity contribution < 1.29 is 24.0 Å². The summed E-state index contributed by atoms with van der Waals surface area (Å²) in [6.45, 7) is -0.542. The Morgan fingerprint density at radius 2 is 1.65 bits per heavy atom. The summed E-state index contributed by atoms with van der Waals surface area (Å²) in [6.07, 6.45) is 0. The van der Waals surface area contributed by atoms with Crippen molar-refractivity contribution in [1.29, 1.82) is 0 Å². The molecule has 0 bridgehead atoms. The van der Waals surface area contributed by atoms with E-state index in [0.717, 1.165) is 0 Å². The van der Waals surface area contributed by atoms with Crippen LogP contribution in [0.15, 0.2) is 48.5 Å². The van der Waals surface area contributed by atoms with E-state index in [4.69, 9.17) is 16.4 Å². The normalized spacial score (nSPS) is 12.6. The Hall–Kier alpha value is -3.39. The van der Waals surface area contributed by atoms with Gasteiger partial charge in [-0.2, -0.15) is 0 Å². The number of hydrogen-bond donors (Lipinski definition) is 2. The van der Waals surface area contributed by atoms with Crippen LogP contribution >= 0.6 is 11.6 Å². The third-order valence-corrected chi connectivity index (χ3v) is 3.66. The summed E-state index contributed by atoms with van der Waals surface area (Å²) < 4.78 is 0. The number of carbonyl (C=O) groups is 4. The summed E-state index contributed by atoms with van der Waals surface area (Å²) in [5.74, 6) is -2.44. The molecule has 0 saturated heterocycles. The molecule has 0 spiro atoms. The molecule has 0 radical (unpaired) electrons. The number of halogens is 1. The number of fused-ring (bicyclic) bond motifs is 1. The first kappa shape index (κ1) is 17.4. The highest BCUT2D eigenvalue weighted by molar-refractivity contribution is 6.30. The summed E-state index contributed by atoms with van der Waals surface area (Å²) in [4.78, 5) is 52.5. The molecule has 0 saturated carbocycles. The lowest BCUT2D eigenvalue weighted by molar-refractivity contribution is -0.167. The summed E-state index contributed by atoms with van der Waals surface area (Å²) in [6, 6.07) is 11.9. The molecule has 9 heteroatoms. The average molecular weight is 374 g/mol. The lowest BCUT2D eigenvalue weighted by Crippen LogP contribution is -2.39. The van der Waals surface area contributed by atoms with Crippen LogP contribution in [0.2, 0.25) is 5.02 Å². The Morgan fingerprint density at radius 1 is 1.00 bits per heavy atom. The lowest BCUT2D eigenvalue weighted by atomic mass is 10.1. The van der Waals surface area contributed by atoms with E-state index >= 15 is 0 Å². The Morgan fingerprint density at radius 3 is 2.27 bits per heavy atom. The van der Waals surface area contributed by atoms with Crippen LogP contribution in [0.1, 0.15) is 20.7 Å². The smallest absolute Gasteiger partial charge is 0.328 e. The summed E-state index contributed by atoms with van der Waals surface area (Å²) in [5, 5.41) is 5.55. The molecule has 0 aliphatic carbocycles. The summed E-state index contributed by atoms with van der Waals surface area (Å²) >= 11 is 5.80. The van der Waals surface area contributed by atoms with Gasteiger partial charge >= 0.3 is 12.0 Å². The molecule has 26 heavy (non-hydrogen) atoms.